The van der Waals surface area contributed by atoms with Crippen LogP contribution in [0.4, 0.5) is 0 Å². The summed E-state index contributed by atoms with van der Waals surface area (Å²) in [5.41, 5.74) is 0.747. The van der Waals surface area contributed by atoms with Crippen LogP contribution in [0.15, 0.2) is 29.4 Å². The zero-order valence-electron chi connectivity index (χ0n) is 13.6. The number of benzene rings is 1. The SMILES string of the molecule is CC[C@@H]1CCCCN1C(=O)CSc1nnnn1-c1ccc(O)cc1. The second kappa shape index (κ2) is 7.65. The molecule has 3 rings (SSSR count). The lowest BCUT2D eigenvalue weighted by atomic mass is 10.0. The normalized spacial score (nSPS) is 17.9. The van der Waals surface area contributed by atoms with E-state index in [1.807, 2.05) is 4.90 Å². The molecule has 1 aromatic heterocycles. The Kier molecular flexibility index (Phi) is 5.34. The van der Waals surface area contributed by atoms with Crippen molar-refractivity contribution >= 4 is 17.7 Å². The Labute approximate surface area is 145 Å². The average molecular weight is 347 g/mol. The molecular weight excluding hydrogens is 326 g/mol. The van der Waals surface area contributed by atoms with E-state index in [1.165, 1.54) is 18.2 Å². The lowest BCUT2D eigenvalue weighted by Gasteiger charge is -2.35. The summed E-state index contributed by atoms with van der Waals surface area (Å²) in [4.78, 5) is 14.6. The third-order valence-corrected chi connectivity index (χ3v) is 5.18. The average Bonchev–Trinajstić information content (AvgIpc) is 3.08. The van der Waals surface area contributed by atoms with E-state index in [-0.39, 0.29) is 11.7 Å². The molecule has 0 bridgehead atoms. The van der Waals surface area contributed by atoms with Crippen LogP contribution in [0, 0.1) is 0 Å². The predicted molar refractivity (Wildman–Crippen MR) is 91.2 cm³/mol. The maximum Gasteiger partial charge on any atom is 0.233 e. The molecule has 1 aromatic carbocycles. The van der Waals surface area contributed by atoms with Gasteiger partial charge in [-0.25, -0.2) is 0 Å². The fourth-order valence-electron chi connectivity index (χ4n) is 2.99. The van der Waals surface area contributed by atoms with Gasteiger partial charge in [-0.3, -0.25) is 4.79 Å². The monoisotopic (exact) mass is 347 g/mol. The number of rotatable bonds is 5. The van der Waals surface area contributed by atoms with Crippen LogP contribution in [0.3, 0.4) is 0 Å². The number of aromatic nitrogens is 4. The summed E-state index contributed by atoms with van der Waals surface area (Å²) in [5, 5.41) is 21.6. The molecule has 1 amide bonds. The van der Waals surface area contributed by atoms with Gasteiger partial charge in [0.25, 0.3) is 0 Å². The van der Waals surface area contributed by atoms with E-state index in [2.05, 4.69) is 22.4 Å². The molecule has 0 spiro atoms. The fourth-order valence-corrected chi connectivity index (χ4v) is 3.76. The first-order valence-electron chi connectivity index (χ1n) is 8.19. The number of nitrogens with zero attached hydrogens (tertiary/aromatic N) is 5. The van der Waals surface area contributed by atoms with E-state index in [1.54, 1.807) is 28.9 Å². The zero-order chi connectivity index (χ0) is 16.9. The molecule has 1 N–H and O–H groups in total. The Morgan fingerprint density at radius 2 is 2.12 bits per heavy atom. The van der Waals surface area contributed by atoms with E-state index in [0.29, 0.717) is 17.0 Å². The lowest BCUT2D eigenvalue weighted by molar-refractivity contribution is -0.132. The number of hydrogen-bond donors (Lipinski definition) is 1. The lowest BCUT2D eigenvalue weighted by Crippen LogP contribution is -2.44. The number of thioether (sulfide) groups is 1. The van der Waals surface area contributed by atoms with Gasteiger partial charge in [-0.15, -0.1) is 5.10 Å². The number of likely N-dealkylation sites (tertiary alicyclic amines) is 1. The second-order valence-corrected chi connectivity index (χ2v) is 6.77. The van der Waals surface area contributed by atoms with Crippen LogP contribution >= 0.6 is 11.8 Å². The van der Waals surface area contributed by atoms with Gasteiger partial charge in [-0.05, 0) is 60.4 Å². The second-order valence-electron chi connectivity index (χ2n) is 5.82. The molecule has 7 nitrogen and oxygen atoms in total. The topological polar surface area (TPSA) is 84.1 Å². The molecule has 1 saturated heterocycles. The van der Waals surface area contributed by atoms with E-state index in [9.17, 15) is 9.90 Å². The number of phenols is 1. The molecule has 128 valence electrons. The molecule has 8 heteroatoms. The fraction of sp³-hybridized carbons (Fsp3) is 0.500. The number of hydrogen-bond acceptors (Lipinski definition) is 6. The summed E-state index contributed by atoms with van der Waals surface area (Å²) in [6, 6.07) is 6.98. The van der Waals surface area contributed by atoms with Crippen LogP contribution in [0.1, 0.15) is 32.6 Å². The molecule has 1 aliphatic rings. The third-order valence-electron chi connectivity index (χ3n) is 4.28. The van der Waals surface area contributed by atoms with Gasteiger partial charge in [0, 0.05) is 12.6 Å². The molecule has 0 radical (unpaired) electrons. The van der Waals surface area contributed by atoms with E-state index < -0.39 is 0 Å². The number of tetrazole rings is 1. The van der Waals surface area contributed by atoms with Gasteiger partial charge < -0.3 is 10.0 Å². The van der Waals surface area contributed by atoms with Crippen molar-refractivity contribution in [3.63, 3.8) is 0 Å². The Morgan fingerprint density at radius 1 is 1.33 bits per heavy atom. The van der Waals surface area contributed by atoms with Gasteiger partial charge in [-0.1, -0.05) is 18.7 Å². The van der Waals surface area contributed by atoms with Gasteiger partial charge in [0.05, 0.1) is 11.4 Å². The first kappa shape index (κ1) is 16.8. The molecule has 2 heterocycles. The minimum Gasteiger partial charge on any atom is -0.508 e. The van der Waals surface area contributed by atoms with Crippen molar-refractivity contribution in [2.75, 3.05) is 12.3 Å². The van der Waals surface area contributed by atoms with Crippen molar-refractivity contribution in [3.8, 4) is 11.4 Å². The van der Waals surface area contributed by atoms with Gasteiger partial charge in [0.1, 0.15) is 5.75 Å². The number of aromatic hydroxyl groups is 1. The van der Waals surface area contributed by atoms with Crippen LogP contribution in [0.5, 0.6) is 5.75 Å². The molecule has 1 fully saturated rings. The molecule has 0 saturated carbocycles. The van der Waals surface area contributed by atoms with E-state index in [4.69, 9.17) is 0 Å². The Morgan fingerprint density at radius 3 is 2.88 bits per heavy atom. The summed E-state index contributed by atoms with van der Waals surface area (Å²) < 4.78 is 1.57. The summed E-state index contributed by atoms with van der Waals surface area (Å²) in [6.45, 7) is 2.98. The number of carbonyl (C=O) groups is 1. The summed E-state index contributed by atoms with van der Waals surface area (Å²) in [7, 11) is 0. The van der Waals surface area contributed by atoms with Crippen molar-refractivity contribution in [2.24, 2.45) is 0 Å². The van der Waals surface area contributed by atoms with Crippen LogP contribution in [0.25, 0.3) is 5.69 Å². The predicted octanol–water partition coefficient (Wildman–Crippen LogP) is 2.25. The van der Waals surface area contributed by atoms with E-state index >= 15 is 0 Å². The number of amides is 1. The minimum absolute atomic E-state index is 0.145. The highest BCUT2D eigenvalue weighted by atomic mass is 32.2. The summed E-state index contributed by atoms with van der Waals surface area (Å²) in [6.07, 6.45) is 4.38. The maximum absolute atomic E-state index is 12.5. The van der Waals surface area contributed by atoms with Crippen molar-refractivity contribution in [1.82, 2.24) is 25.1 Å². The summed E-state index contributed by atoms with van der Waals surface area (Å²) in [5.74, 6) is 0.660. The van der Waals surface area contributed by atoms with Crippen molar-refractivity contribution < 1.29 is 9.90 Å². The Bertz CT molecular complexity index is 688. The van der Waals surface area contributed by atoms with E-state index in [0.717, 1.165) is 31.5 Å². The molecule has 1 aliphatic heterocycles. The molecule has 24 heavy (non-hydrogen) atoms. The standard InChI is InChI=1S/C16H21N5O2S/c1-2-12-5-3-4-10-20(12)15(23)11-24-16-17-18-19-21(16)13-6-8-14(22)9-7-13/h6-9,12,22H,2-5,10-11H2,1H3/t12-/m1/s1. The van der Waals surface area contributed by atoms with Crippen molar-refractivity contribution in [3.05, 3.63) is 24.3 Å². The third kappa shape index (κ3) is 3.69. The summed E-state index contributed by atoms with van der Waals surface area (Å²) >= 11 is 1.34. The highest BCUT2D eigenvalue weighted by Crippen LogP contribution is 2.23. The van der Waals surface area contributed by atoms with Gasteiger partial charge in [-0.2, -0.15) is 4.68 Å². The zero-order valence-corrected chi connectivity index (χ0v) is 14.4. The number of piperidine rings is 1. The van der Waals surface area contributed by atoms with Gasteiger partial charge >= 0.3 is 0 Å². The minimum atomic E-state index is 0.145. The molecule has 0 aliphatic carbocycles. The van der Waals surface area contributed by atoms with Gasteiger partial charge in [0.2, 0.25) is 11.1 Å². The van der Waals surface area contributed by atoms with Crippen LogP contribution in [-0.4, -0.2) is 54.5 Å². The first-order valence-corrected chi connectivity index (χ1v) is 9.17. The van der Waals surface area contributed by atoms with Crippen LogP contribution in [-0.2, 0) is 4.79 Å². The maximum atomic E-state index is 12.5. The molecule has 1 atom stereocenters. The number of phenolic OH excluding ortho intramolecular Hbond substituents is 1. The highest BCUT2D eigenvalue weighted by Gasteiger charge is 2.25. The van der Waals surface area contributed by atoms with Crippen molar-refractivity contribution in [1.29, 1.82) is 0 Å². The Balaban J connectivity index is 1.66. The quantitative estimate of drug-likeness (QED) is 0.835. The van der Waals surface area contributed by atoms with Crippen molar-refractivity contribution in [2.45, 2.75) is 43.8 Å². The molecular formula is C16H21N5O2S. The molecule has 2 aromatic rings. The number of carbonyl (C=O) groups excluding carboxylic acids is 1. The first-order chi connectivity index (χ1) is 11.7. The van der Waals surface area contributed by atoms with Crippen LogP contribution < -0.4 is 0 Å². The molecule has 0 unspecified atom stereocenters. The largest absolute Gasteiger partial charge is 0.508 e. The smallest absolute Gasteiger partial charge is 0.233 e. The van der Waals surface area contributed by atoms with Crippen LogP contribution in [0.2, 0.25) is 0 Å². The van der Waals surface area contributed by atoms with Gasteiger partial charge in [0.15, 0.2) is 0 Å². The Hall–Kier alpha value is -2.09. The highest BCUT2D eigenvalue weighted by molar-refractivity contribution is 7.99.